The number of nitrogens with zero attached hydrogens (tertiary/aromatic N) is 1. The van der Waals surface area contributed by atoms with Crippen LogP contribution >= 0.6 is 0 Å². The summed E-state index contributed by atoms with van der Waals surface area (Å²) in [6, 6.07) is 2.01. The minimum atomic E-state index is 0.467. The summed E-state index contributed by atoms with van der Waals surface area (Å²) in [6.45, 7) is 6.56. The molecule has 1 aliphatic rings. The van der Waals surface area contributed by atoms with Gasteiger partial charge in [-0.25, -0.2) is 0 Å². The zero-order valence-electron chi connectivity index (χ0n) is 9.79. The van der Waals surface area contributed by atoms with Crippen molar-refractivity contribution in [2.24, 2.45) is 0 Å². The van der Waals surface area contributed by atoms with Crippen molar-refractivity contribution in [3.8, 4) is 5.75 Å². The van der Waals surface area contributed by atoms with Crippen LogP contribution in [0.25, 0.3) is 0 Å². The predicted octanol–water partition coefficient (Wildman–Crippen LogP) is 3.31. The van der Waals surface area contributed by atoms with Gasteiger partial charge in [0.15, 0.2) is 0 Å². The average molecular weight is 205 g/mol. The van der Waals surface area contributed by atoms with Gasteiger partial charge >= 0.3 is 0 Å². The SMILES string of the molecule is CCc1nccc(OC2CC2)c1C(C)C. The van der Waals surface area contributed by atoms with Crippen LogP contribution in [0.2, 0.25) is 0 Å². The molecule has 2 rings (SSSR count). The number of rotatable bonds is 4. The Morgan fingerprint density at radius 3 is 2.73 bits per heavy atom. The van der Waals surface area contributed by atoms with Crippen molar-refractivity contribution in [2.45, 2.75) is 52.1 Å². The summed E-state index contributed by atoms with van der Waals surface area (Å²) < 4.78 is 5.92. The Kier molecular flexibility index (Phi) is 2.94. The standard InChI is InChI=1S/C13H19NO/c1-4-11-13(9(2)3)12(7-8-14-11)15-10-5-6-10/h7-10H,4-6H2,1-3H3. The fraction of sp³-hybridized carbons (Fsp3) is 0.615. The van der Waals surface area contributed by atoms with E-state index >= 15 is 0 Å². The molecule has 0 N–H and O–H groups in total. The van der Waals surface area contributed by atoms with Crippen molar-refractivity contribution >= 4 is 0 Å². The van der Waals surface area contributed by atoms with E-state index in [1.807, 2.05) is 12.3 Å². The number of aryl methyl sites for hydroxylation is 1. The molecule has 0 aliphatic heterocycles. The van der Waals surface area contributed by atoms with Gasteiger partial charge in [0.2, 0.25) is 0 Å². The molecule has 0 atom stereocenters. The normalized spacial score (nSPS) is 15.7. The Balaban J connectivity index is 2.32. The van der Waals surface area contributed by atoms with Gasteiger partial charge in [0.25, 0.3) is 0 Å². The van der Waals surface area contributed by atoms with Gasteiger partial charge in [0.1, 0.15) is 5.75 Å². The third-order valence-corrected chi connectivity index (χ3v) is 2.76. The van der Waals surface area contributed by atoms with E-state index in [1.165, 1.54) is 24.1 Å². The molecule has 2 nitrogen and oxygen atoms in total. The summed E-state index contributed by atoms with van der Waals surface area (Å²) in [5.41, 5.74) is 2.48. The largest absolute Gasteiger partial charge is 0.490 e. The first kappa shape index (κ1) is 10.5. The van der Waals surface area contributed by atoms with E-state index < -0.39 is 0 Å². The number of hydrogen-bond donors (Lipinski definition) is 0. The molecule has 0 spiro atoms. The van der Waals surface area contributed by atoms with E-state index in [9.17, 15) is 0 Å². The summed E-state index contributed by atoms with van der Waals surface area (Å²) in [6.07, 6.45) is 5.73. The Morgan fingerprint density at radius 1 is 1.47 bits per heavy atom. The highest BCUT2D eigenvalue weighted by atomic mass is 16.5. The minimum absolute atomic E-state index is 0.467. The molecule has 1 saturated carbocycles. The summed E-state index contributed by atoms with van der Waals surface area (Å²) in [5, 5.41) is 0. The van der Waals surface area contributed by atoms with Crippen LogP contribution in [0.3, 0.4) is 0 Å². The molecule has 0 bridgehead atoms. The van der Waals surface area contributed by atoms with Gasteiger partial charge in [0, 0.05) is 17.5 Å². The molecular weight excluding hydrogens is 186 g/mol. The fourth-order valence-electron chi connectivity index (χ4n) is 1.86. The van der Waals surface area contributed by atoms with E-state index in [1.54, 1.807) is 0 Å². The van der Waals surface area contributed by atoms with Crippen LogP contribution in [0.15, 0.2) is 12.3 Å². The molecule has 1 fully saturated rings. The molecular formula is C13H19NO. The first-order chi connectivity index (χ1) is 7.22. The van der Waals surface area contributed by atoms with Crippen molar-refractivity contribution in [1.82, 2.24) is 4.98 Å². The quantitative estimate of drug-likeness (QED) is 0.752. The van der Waals surface area contributed by atoms with Crippen molar-refractivity contribution in [2.75, 3.05) is 0 Å². The molecule has 0 radical (unpaired) electrons. The van der Waals surface area contributed by atoms with Gasteiger partial charge in [0.05, 0.1) is 6.10 Å². The third-order valence-electron chi connectivity index (χ3n) is 2.76. The topological polar surface area (TPSA) is 22.1 Å². The Morgan fingerprint density at radius 2 is 2.20 bits per heavy atom. The number of hydrogen-bond acceptors (Lipinski definition) is 2. The van der Waals surface area contributed by atoms with Gasteiger partial charge in [-0.2, -0.15) is 0 Å². The van der Waals surface area contributed by atoms with E-state index in [4.69, 9.17) is 4.74 Å². The fourth-order valence-corrected chi connectivity index (χ4v) is 1.86. The van der Waals surface area contributed by atoms with Gasteiger partial charge in [-0.3, -0.25) is 4.98 Å². The molecule has 2 heteroatoms. The Hall–Kier alpha value is -1.05. The van der Waals surface area contributed by atoms with Crippen LogP contribution in [0.4, 0.5) is 0 Å². The second-order valence-corrected chi connectivity index (χ2v) is 4.49. The number of ether oxygens (including phenoxy) is 1. The smallest absolute Gasteiger partial charge is 0.126 e. The van der Waals surface area contributed by atoms with Crippen LogP contribution in [-0.4, -0.2) is 11.1 Å². The summed E-state index contributed by atoms with van der Waals surface area (Å²) in [5.74, 6) is 1.54. The van der Waals surface area contributed by atoms with Gasteiger partial charge in [-0.05, 0) is 31.2 Å². The first-order valence-corrected chi connectivity index (χ1v) is 5.86. The molecule has 15 heavy (non-hydrogen) atoms. The molecule has 0 saturated heterocycles. The van der Waals surface area contributed by atoms with Crippen molar-refractivity contribution < 1.29 is 4.74 Å². The molecule has 1 aromatic rings. The van der Waals surface area contributed by atoms with E-state index in [0.717, 1.165) is 12.2 Å². The average Bonchev–Trinajstić information content (AvgIpc) is 3.01. The van der Waals surface area contributed by atoms with Crippen molar-refractivity contribution in [1.29, 1.82) is 0 Å². The minimum Gasteiger partial charge on any atom is -0.490 e. The van der Waals surface area contributed by atoms with E-state index in [-0.39, 0.29) is 0 Å². The van der Waals surface area contributed by atoms with E-state index in [0.29, 0.717) is 12.0 Å². The van der Waals surface area contributed by atoms with Gasteiger partial charge in [-0.1, -0.05) is 20.8 Å². The Labute approximate surface area is 91.7 Å². The lowest BCUT2D eigenvalue weighted by atomic mass is 9.99. The van der Waals surface area contributed by atoms with Crippen molar-refractivity contribution in [3.63, 3.8) is 0 Å². The van der Waals surface area contributed by atoms with E-state index in [2.05, 4.69) is 25.8 Å². The summed E-state index contributed by atoms with van der Waals surface area (Å²) in [7, 11) is 0. The van der Waals surface area contributed by atoms with Crippen LogP contribution in [-0.2, 0) is 6.42 Å². The predicted molar refractivity (Wildman–Crippen MR) is 61.4 cm³/mol. The number of pyridine rings is 1. The zero-order chi connectivity index (χ0) is 10.8. The highest BCUT2D eigenvalue weighted by Crippen LogP contribution is 2.33. The molecule has 1 aromatic heterocycles. The third kappa shape index (κ3) is 2.31. The van der Waals surface area contributed by atoms with Crippen LogP contribution in [0, 0.1) is 0 Å². The summed E-state index contributed by atoms with van der Waals surface area (Å²) in [4.78, 5) is 4.43. The Bertz CT molecular complexity index is 342. The molecule has 0 amide bonds. The summed E-state index contributed by atoms with van der Waals surface area (Å²) >= 11 is 0. The molecule has 1 aliphatic carbocycles. The van der Waals surface area contributed by atoms with Gasteiger partial charge in [-0.15, -0.1) is 0 Å². The highest BCUT2D eigenvalue weighted by Gasteiger charge is 2.25. The second kappa shape index (κ2) is 4.21. The lowest BCUT2D eigenvalue weighted by molar-refractivity contribution is 0.298. The molecule has 0 unspecified atom stereocenters. The molecule has 82 valence electrons. The maximum atomic E-state index is 5.92. The second-order valence-electron chi connectivity index (χ2n) is 4.49. The molecule has 0 aromatic carbocycles. The van der Waals surface area contributed by atoms with Crippen LogP contribution in [0.5, 0.6) is 5.75 Å². The maximum Gasteiger partial charge on any atom is 0.126 e. The van der Waals surface area contributed by atoms with Crippen LogP contribution < -0.4 is 4.74 Å². The number of aromatic nitrogens is 1. The lowest BCUT2D eigenvalue weighted by Crippen LogP contribution is -2.05. The lowest BCUT2D eigenvalue weighted by Gasteiger charge is -2.16. The van der Waals surface area contributed by atoms with Crippen LogP contribution in [0.1, 0.15) is 50.8 Å². The molecule has 1 heterocycles. The van der Waals surface area contributed by atoms with Gasteiger partial charge < -0.3 is 4.74 Å². The maximum absolute atomic E-state index is 5.92. The highest BCUT2D eigenvalue weighted by molar-refractivity contribution is 5.38. The monoisotopic (exact) mass is 205 g/mol. The van der Waals surface area contributed by atoms with Crippen molar-refractivity contribution in [3.05, 3.63) is 23.5 Å². The first-order valence-electron chi connectivity index (χ1n) is 5.86. The zero-order valence-corrected chi connectivity index (χ0v) is 9.79.